The molecule has 0 saturated carbocycles. The van der Waals surface area contributed by atoms with Crippen LogP contribution < -0.4 is 26.7 Å². The SMILES string of the molecule is Cc1ccc(-n2nc(C(=O)NN3CCCCC3)c(C)c2-c2cccc(N)c2)c(C)c1.Cc1ccc(-n2nc(C(=O)NN3CCCCC3)c(C)c2-c2cccc(NS(C)(=O)=O)c2)c(C)c1.Cc1ccc(-n2nc(C(=O)NN3CCCCC3)c(C)c2-c2cccc([N+](=O)[O-])c2)c(C)c1.Cc1ccc(-n2nc(C(=O)O)c(C)c2-c2cccc([N+](=O)[O-])c2)c(C)c1. The molecule has 7 heterocycles. The van der Waals surface area contributed by atoms with Crippen LogP contribution in [0.1, 0.15) is 167 Å². The molecule has 29 nitrogen and oxygen atoms in total. The number of benzene rings is 8. The molecule has 3 aliphatic rings. The number of nitrogens with one attached hydrogen (secondary N) is 4. The van der Waals surface area contributed by atoms with Gasteiger partial charge in [0.05, 0.1) is 61.6 Å². The number of nitro groups is 2. The Labute approximate surface area is 709 Å². The highest BCUT2D eigenvalue weighted by molar-refractivity contribution is 7.92. The lowest BCUT2D eigenvalue weighted by Crippen LogP contribution is -2.45. The van der Waals surface area contributed by atoms with Crippen LogP contribution in [0.15, 0.2) is 170 Å². The first-order valence-corrected chi connectivity index (χ1v) is 42.6. The first-order chi connectivity index (χ1) is 58.2. The number of anilines is 2. The van der Waals surface area contributed by atoms with Crippen molar-refractivity contribution in [3.63, 3.8) is 0 Å². The fourth-order valence-corrected chi connectivity index (χ4v) is 16.4. The van der Waals surface area contributed by atoms with Gasteiger partial charge in [0, 0.05) is 119 Å². The molecule has 7 N–H and O–H groups in total. The van der Waals surface area contributed by atoms with Crippen LogP contribution >= 0.6 is 0 Å². The van der Waals surface area contributed by atoms with Crippen LogP contribution in [0.4, 0.5) is 22.7 Å². The third kappa shape index (κ3) is 20.8. The number of hydrogen-bond donors (Lipinski definition) is 6. The van der Waals surface area contributed by atoms with Crippen molar-refractivity contribution >= 4 is 56.5 Å². The van der Waals surface area contributed by atoms with Crippen molar-refractivity contribution in [2.45, 2.75) is 141 Å². The molecule has 0 aliphatic carbocycles. The summed E-state index contributed by atoms with van der Waals surface area (Å²) in [4.78, 5) is 72.7. The minimum Gasteiger partial charge on any atom is -0.476 e. The molecule has 4 aromatic heterocycles. The fraction of sp³-hybridized carbons (Fsp3) is 0.304. The number of sulfonamides is 1. The van der Waals surface area contributed by atoms with Gasteiger partial charge in [-0.25, -0.2) is 47.0 Å². The predicted octanol–water partition coefficient (Wildman–Crippen LogP) is 16.7. The summed E-state index contributed by atoms with van der Waals surface area (Å²) >= 11 is 0. The number of carboxylic acid groups (broad SMARTS) is 1. The molecule has 634 valence electrons. The number of non-ortho nitro benzene ring substituents is 2. The van der Waals surface area contributed by atoms with Gasteiger partial charge < -0.3 is 10.8 Å². The Hall–Kier alpha value is -13.3. The molecule has 30 heteroatoms. The highest BCUT2D eigenvalue weighted by atomic mass is 32.2. The Morgan fingerprint density at radius 1 is 0.377 bits per heavy atom. The summed E-state index contributed by atoms with van der Waals surface area (Å²) < 4.78 is 33.0. The van der Waals surface area contributed by atoms with Gasteiger partial charge in [0.2, 0.25) is 10.0 Å². The van der Waals surface area contributed by atoms with E-state index in [2.05, 4.69) is 70.3 Å². The van der Waals surface area contributed by atoms with E-state index in [1.54, 1.807) is 57.4 Å². The zero-order chi connectivity index (χ0) is 87.5. The lowest BCUT2D eigenvalue weighted by Gasteiger charge is -2.26. The third-order valence-corrected chi connectivity index (χ3v) is 22.4. The smallest absolute Gasteiger partial charge is 0.356 e. The minimum absolute atomic E-state index is 0.00500. The lowest BCUT2D eigenvalue weighted by atomic mass is 10.0. The lowest BCUT2D eigenvalue weighted by molar-refractivity contribution is -0.385. The molecular formula is C92H104N18O11S. The largest absolute Gasteiger partial charge is 0.476 e. The number of carboxylic acids is 1. The molecular weight excluding hydrogens is 1570 g/mol. The van der Waals surface area contributed by atoms with E-state index in [0.717, 1.165) is 179 Å². The van der Waals surface area contributed by atoms with E-state index in [-0.39, 0.29) is 34.8 Å². The maximum absolute atomic E-state index is 13.2. The van der Waals surface area contributed by atoms with Gasteiger partial charge in [-0.3, -0.25) is 55.6 Å². The Morgan fingerprint density at radius 3 is 0.943 bits per heavy atom. The normalized spacial score (nSPS) is 13.7. The Balaban J connectivity index is 0.000000149. The molecule has 122 heavy (non-hydrogen) atoms. The quantitative estimate of drug-likeness (QED) is 0.0249. The molecule has 0 spiro atoms. The van der Waals surface area contributed by atoms with E-state index in [9.17, 15) is 52.9 Å². The molecule has 3 amide bonds. The van der Waals surface area contributed by atoms with Crippen LogP contribution in [0.2, 0.25) is 0 Å². The van der Waals surface area contributed by atoms with E-state index in [0.29, 0.717) is 62.1 Å². The number of amides is 3. The molecule has 3 saturated heterocycles. The van der Waals surface area contributed by atoms with Gasteiger partial charge in [-0.2, -0.15) is 20.4 Å². The Kier molecular flexibility index (Phi) is 27.7. The van der Waals surface area contributed by atoms with Crippen molar-refractivity contribution in [1.29, 1.82) is 0 Å². The molecule has 12 aromatic rings. The number of nitrogens with zero attached hydrogens (tertiary/aromatic N) is 13. The van der Waals surface area contributed by atoms with E-state index < -0.39 is 25.8 Å². The summed E-state index contributed by atoms with van der Waals surface area (Å²) in [5.74, 6) is -1.81. The molecule has 0 bridgehead atoms. The number of aryl methyl sites for hydroxylation is 8. The molecule has 3 fully saturated rings. The number of hydrazine groups is 3. The van der Waals surface area contributed by atoms with Gasteiger partial charge in [0.15, 0.2) is 22.8 Å². The van der Waals surface area contributed by atoms with Crippen molar-refractivity contribution < 1.29 is 42.5 Å². The number of carbonyl (C=O) groups excluding carboxylic acids is 3. The van der Waals surface area contributed by atoms with E-state index in [1.807, 2.05) is 161 Å². The zero-order valence-corrected chi connectivity index (χ0v) is 71.9. The second kappa shape index (κ2) is 38.4. The summed E-state index contributed by atoms with van der Waals surface area (Å²) in [6.45, 7) is 28.5. The number of hydrogen-bond acceptors (Lipinski definition) is 18. The molecule has 3 aliphatic heterocycles. The minimum atomic E-state index is -3.43. The van der Waals surface area contributed by atoms with Gasteiger partial charge in [-0.05, 0) is 192 Å². The van der Waals surface area contributed by atoms with Crippen molar-refractivity contribution in [2.75, 3.05) is 56.0 Å². The van der Waals surface area contributed by atoms with Gasteiger partial charge in [0.25, 0.3) is 29.1 Å². The Morgan fingerprint density at radius 2 is 0.656 bits per heavy atom. The monoisotopic (exact) mass is 1670 g/mol. The van der Waals surface area contributed by atoms with E-state index in [1.165, 1.54) is 49.1 Å². The van der Waals surface area contributed by atoms with Crippen LogP contribution in [0, 0.1) is 103 Å². The summed E-state index contributed by atoms with van der Waals surface area (Å²) in [6.07, 6.45) is 11.1. The van der Waals surface area contributed by atoms with Crippen LogP contribution in [0.3, 0.4) is 0 Å². The summed E-state index contributed by atoms with van der Waals surface area (Å²) in [5, 5.41) is 56.3. The van der Waals surface area contributed by atoms with E-state index in [4.69, 9.17) is 21.0 Å². The number of aromatic nitrogens is 8. The average Bonchev–Trinajstić information content (AvgIpc) is 1.66. The first-order valence-electron chi connectivity index (χ1n) is 40.7. The number of aromatic carboxylic acids is 1. The number of piperidine rings is 3. The van der Waals surface area contributed by atoms with Crippen LogP contribution in [0.5, 0.6) is 0 Å². The second-order valence-electron chi connectivity index (χ2n) is 31.6. The second-order valence-corrected chi connectivity index (χ2v) is 33.3. The van der Waals surface area contributed by atoms with Crippen molar-refractivity contribution in [2.24, 2.45) is 0 Å². The summed E-state index contributed by atoms with van der Waals surface area (Å²) in [5.41, 5.74) is 37.6. The molecule has 0 radical (unpaired) electrons. The molecule has 0 unspecified atom stereocenters. The van der Waals surface area contributed by atoms with Crippen molar-refractivity contribution in [3.8, 4) is 67.8 Å². The Bertz CT molecular complexity index is 6080. The summed E-state index contributed by atoms with van der Waals surface area (Å²) in [7, 11) is -3.43. The topological polar surface area (TPSA) is 364 Å². The van der Waals surface area contributed by atoms with Gasteiger partial charge in [-0.1, -0.05) is 139 Å². The molecule has 0 atom stereocenters. The van der Waals surface area contributed by atoms with Crippen molar-refractivity contribution in [1.82, 2.24) is 70.4 Å². The number of nitro benzene ring substituents is 2. The number of rotatable bonds is 19. The maximum Gasteiger partial charge on any atom is 0.356 e. The standard InChI is InChI=1S/C25H31N5O3S.C24H27N5O3.C24H29N5O.C19H17N3O4/c1-17-11-12-22(18(2)15-17)30-24(20-9-8-10-21(16-20)28-34(4,32)33)19(3)23(26-30)25(31)27-29-13-6-5-7-14-29;1-16-10-11-21(17(2)14-16)28-23(19-8-7-9-20(15-19)29(31)32)18(3)22(25-28)24(30)26-27-12-5-4-6-13-27;1-16-10-11-21(17(2)14-16)29-23(19-8-7-9-20(25)15-19)18(3)22(26-29)24(30)27-28-12-5-4-6-13-28;1-11-7-8-16(12(2)9-11)21-18(13(3)17(20-21)19(23)24)14-5-4-6-15(10-14)22(25)26/h8-12,15-16,28H,5-7,13-14H2,1-4H3,(H,27,31);7-11,14-15H,4-6,12-13H2,1-3H3,(H,26,30);7-11,14-15H,4-6,12-13,25H2,1-3H3,(H,27,30);4-10H,1-3H3,(H,23,24). The van der Waals surface area contributed by atoms with Crippen LogP contribution in [0.25, 0.3) is 67.8 Å². The zero-order valence-electron chi connectivity index (χ0n) is 71.1. The highest BCUT2D eigenvalue weighted by Crippen LogP contribution is 2.38. The van der Waals surface area contributed by atoms with Crippen LogP contribution in [-0.2, 0) is 10.0 Å². The predicted molar refractivity (Wildman–Crippen MR) is 475 cm³/mol. The van der Waals surface area contributed by atoms with Crippen molar-refractivity contribution in [3.05, 3.63) is 280 Å². The molecule has 15 rings (SSSR count). The van der Waals surface area contributed by atoms with Crippen LogP contribution in [-0.4, -0.2) is 147 Å². The van der Waals surface area contributed by atoms with Gasteiger partial charge in [-0.15, -0.1) is 0 Å². The average molecular weight is 1670 g/mol. The maximum atomic E-state index is 13.2. The summed E-state index contributed by atoms with van der Waals surface area (Å²) in [6, 6.07) is 51.5. The number of carbonyl (C=O) groups is 4. The van der Waals surface area contributed by atoms with Gasteiger partial charge >= 0.3 is 5.97 Å². The van der Waals surface area contributed by atoms with E-state index >= 15 is 0 Å². The van der Waals surface area contributed by atoms with Gasteiger partial charge in [0.1, 0.15) is 0 Å². The number of nitrogens with two attached hydrogens (primary N) is 1. The first kappa shape index (κ1) is 88.0. The molecule has 8 aromatic carbocycles. The number of nitrogen functional groups attached to an aromatic ring is 1. The fourth-order valence-electron chi connectivity index (χ4n) is 15.8. The third-order valence-electron chi connectivity index (χ3n) is 21.8. The highest BCUT2D eigenvalue weighted by Gasteiger charge is 2.31.